The fraction of sp³-hybridized carbons (Fsp3) is 0.500. The van der Waals surface area contributed by atoms with E-state index in [0.717, 1.165) is 23.0 Å². The predicted molar refractivity (Wildman–Crippen MR) is 74.1 cm³/mol. The molecule has 0 aliphatic heterocycles. The Bertz CT molecular complexity index is 400. The fourth-order valence-electron chi connectivity index (χ4n) is 1.56. The van der Waals surface area contributed by atoms with Gasteiger partial charge in [0.25, 0.3) is 0 Å². The fourth-order valence-corrected chi connectivity index (χ4v) is 2.80. The molecule has 0 amide bonds. The van der Waals surface area contributed by atoms with Gasteiger partial charge < -0.3 is 5.32 Å². The molecule has 96 valence electrons. The number of hydrogen-bond acceptors (Lipinski definition) is 2. The second-order valence-corrected chi connectivity index (χ2v) is 6.38. The summed E-state index contributed by atoms with van der Waals surface area (Å²) in [6.45, 7) is 2.84. The van der Waals surface area contributed by atoms with Crippen LogP contribution in [0.3, 0.4) is 0 Å². The van der Waals surface area contributed by atoms with E-state index in [0.29, 0.717) is 5.75 Å². The summed E-state index contributed by atoms with van der Waals surface area (Å²) in [5.41, 5.74) is 1.03. The molecular formula is C12H17BrFNOS. The topological polar surface area (TPSA) is 29.1 Å². The van der Waals surface area contributed by atoms with Gasteiger partial charge in [-0.3, -0.25) is 4.21 Å². The highest BCUT2D eigenvalue weighted by Gasteiger charge is 2.09. The van der Waals surface area contributed by atoms with Crippen LogP contribution < -0.4 is 5.32 Å². The Hall–Kier alpha value is -0.260. The van der Waals surface area contributed by atoms with Crippen molar-refractivity contribution in [3.05, 3.63) is 34.1 Å². The largest absolute Gasteiger partial charge is 0.310 e. The summed E-state index contributed by atoms with van der Waals surface area (Å²) < 4.78 is 24.6. The summed E-state index contributed by atoms with van der Waals surface area (Å²) in [5, 5.41) is 3.33. The molecule has 0 aromatic heterocycles. The van der Waals surface area contributed by atoms with Crippen molar-refractivity contribution in [2.24, 2.45) is 0 Å². The molecule has 1 aromatic carbocycles. The molecular weight excluding hydrogens is 305 g/mol. The zero-order chi connectivity index (χ0) is 12.8. The third-order valence-electron chi connectivity index (χ3n) is 2.49. The highest BCUT2D eigenvalue weighted by molar-refractivity contribution is 9.10. The molecule has 0 spiro atoms. The molecule has 2 unspecified atom stereocenters. The molecule has 0 bridgehead atoms. The van der Waals surface area contributed by atoms with E-state index in [1.54, 1.807) is 12.3 Å². The predicted octanol–water partition coefficient (Wildman–Crippen LogP) is 3.01. The zero-order valence-corrected chi connectivity index (χ0v) is 12.4. The molecule has 0 fully saturated rings. The van der Waals surface area contributed by atoms with E-state index < -0.39 is 10.8 Å². The Balaban J connectivity index is 2.46. The van der Waals surface area contributed by atoms with Crippen LogP contribution in [-0.2, 0) is 10.8 Å². The smallest absolute Gasteiger partial charge is 0.124 e. The maximum atomic E-state index is 12.9. The lowest BCUT2D eigenvalue weighted by molar-refractivity contribution is 0.565. The minimum absolute atomic E-state index is 0.148. The lowest BCUT2D eigenvalue weighted by atomic mass is 10.1. The van der Waals surface area contributed by atoms with Crippen LogP contribution in [0.25, 0.3) is 0 Å². The van der Waals surface area contributed by atoms with Crippen LogP contribution in [0.2, 0.25) is 0 Å². The molecule has 1 N–H and O–H groups in total. The van der Waals surface area contributed by atoms with E-state index in [9.17, 15) is 8.60 Å². The Morgan fingerprint density at radius 2 is 2.24 bits per heavy atom. The summed E-state index contributed by atoms with van der Waals surface area (Å²) in [4.78, 5) is 0. The SMILES string of the molecule is CC(NCCCS(C)=O)c1ccc(F)cc1Br. The van der Waals surface area contributed by atoms with Crippen molar-refractivity contribution in [3.8, 4) is 0 Å². The van der Waals surface area contributed by atoms with E-state index in [2.05, 4.69) is 21.2 Å². The third kappa shape index (κ3) is 5.27. The lowest BCUT2D eigenvalue weighted by Crippen LogP contribution is -2.21. The van der Waals surface area contributed by atoms with E-state index in [4.69, 9.17) is 0 Å². The number of rotatable bonds is 6. The lowest BCUT2D eigenvalue weighted by Gasteiger charge is -2.15. The van der Waals surface area contributed by atoms with Gasteiger partial charge in [0.2, 0.25) is 0 Å². The van der Waals surface area contributed by atoms with E-state index in [1.807, 2.05) is 6.92 Å². The van der Waals surface area contributed by atoms with Gasteiger partial charge in [-0.15, -0.1) is 0 Å². The molecule has 0 aliphatic carbocycles. The average molecular weight is 322 g/mol. The summed E-state index contributed by atoms with van der Waals surface area (Å²) >= 11 is 3.35. The Morgan fingerprint density at radius 3 is 2.82 bits per heavy atom. The standard InChI is InChI=1S/C12H17BrFNOS/c1-9(15-6-3-7-17(2)16)11-5-4-10(14)8-12(11)13/h4-5,8-9,15H,3,6-7H2,1-2H3. The second-order valence-electron chi connectivity index (χ2n) is 3.97. The summed E-state index contributed by atoms with van der Waals surface area (Å²) in [6, 6.07) is 4.85. The van der Waals surface area contributed by atoms with Crippen molar-refractivity contribution in [3.63, 3.8) is 0 Å². The first-order valence-electron chi connectivity index (χ1n) is 5.49. The molecule has 1 rings (SSSR count). The summed E-state index contributed by atoms with van der Waals surface area (Å²) in [7, 11) is -0.731. The van der Waals surface area contributed by atoms with Gasteiger partial charge in [-0.2, -0.15) is 0 Å². The van der Waals surface area contributed by atoms with Crippen LogP contribution >= 0.6 is 15.9 Å². The van der Waals surface area contributed by atoms with Crippen LogP contribution in [0.4, 0.5) is 4.39 Å². The maximum absolute atomic E-state index is 12.9. The van der Waals surface area contributed by atoms with Gasteiger partial charge in [0, 0.05) is 33.3 Å². The third-order valence-corrected chi connectivity index (χ3v) is 4.04. The highest BCUT2D eigenvalue weighted by atomic mass is 79.9. The van der Waals surface area contributed by atoms with E-state index in [-0.39, 0.29) is 11.9 Å². The van der Waals surface area contributed by atoms with E-state index >= 15 is 0 Å². The van der Waals surface area contributed by atoms with Crippen LogP contribution in [0.5, 0.6) is 0 Å². The van der Waals surface area contributed by atoms with Gasteiger partial charge in [0.1, 0.15) is 5.82 Å². The molecule has 0 radical (unpaired) electrons. The zero-order valence-electron chi connectivity index (χ0n) is 10.0. The quantitative estimate of drug-likeness (QED) is 0.816. The second kappa shape index (κ2) is 7.24. The molecule has 5 heteroatoms. The Labute approximate surface area is 113 Å². The molecule has 0 heterocycles. The summed E-state index contributed by atoms with van der Waals surface area (Å²) in [6.07, 6.45) is 2.59. The van der Waals surface area contributed by atoms with E-state index in [1.165, 1.54) is 12.1 Å². The molecule has 1 aromatic rings. The first-order valence-corrected chi connectivity index (χ1v) is 8.01. The first-order chi connectivity index (χ1) is 8.00. The monoisotopic (exact) mass is 321 g/mol. The molecule has 2 nitrogen and oxygen atoms in total. The molecule has 2 atom stereocenters. The van der Waals surface area contributed by atoms with Crippen molar-refractivity contribution in [2.75, 3.05) is 18.6 Å². The van der Waals surface area contributed by atoms with Gasteiger partial charge in [-0.05, 0) is 37.6 Å². The van der Waals surface area contributed by atoms with Crippen LogP contribution in [0.15, 0.2) is 22.7 Å². The first kappa shape index (κ1) is 14.8. The van der Waals surface area contributed by atoms with Crippen molar-refractivity contribution >= 4 is 26.7 Å². The minimum atomic E-state index is -0.731. The number of benzene rings is 1. The van der Waals surface area contributed by atoms with Gasteiger partial charge in [-0.25, -0.2) is 4.39 Å². The summed E-state index contributed by atoms with van der Waals surface area (Å²) in [5.74, 6) is 0.471. The van der Waals surface area contributed by atoms with Gasteiger partial charge in [0.15, 0.2) is 0 Å². The van der Waals surface area contributed by atoms with Crippen molar-refractivity contribution in [1.29, 1.82) is 0 Å². The van der Waals surface area contributed by atoms with Gasteiger partial charge in [0.05, 0.1) is 0 Å². The maximum Gasteiger partial charge on any atom is 0.124 e. The average Bonchev–Trinajstić information content (AvgIpc) is 2.23. The number of hydrogen-bond donors (Lipinski definition) is 1. The Kier molecular flexibility index (Phi) is 6.30. The molecule has 0 aliphatic rings. The highest BCUT2D eigenvalue weighted by Crippen LogP contribution is 2.23. The number of nitrogens with one attached hydrogen (secondary N) is 1. The van der Waals surface area contributed by atoms with Gasteiger partial charge >= 0.3 is 0 Å². The number of halogens is 2. The van der Waals surface area contributed by atoms with Crippen LogP contribution in [-0.4, -0.2) is 22.8 Å². The van der Waals surface area contributed by atoms with Crippen LogP contribution in [0, 0.1) is 5.82 Å². The molecule has 0 saturated carbocycles. The van der Waals surface area contributed by atoms with Crippen molar-refractivity contribution in [1.82, 2.24) is 5.32 Å². The van der Waals surface area contributed by atoms with Crippen molar-refractivity contribution < 1.29 is 8.60 Å². The van der Waals surface area contributed by atoms with Crippen LogP contribution in [0.1, 0.15) is 24.9 Å². The normalized spacial score (nSPS) is 14.6. The van der Waals surface area contributed by atoms with Gasteiger partial charge in [-0.1, -0.05) is 22.0 Å². The van der Waals surface area contributed by atoms with Crippen molar-refractivity contribution in [2.45, 2.75) is 19.4 Å². The Morgan fingerprint density at radius 1 is 1.53 bits per heavy atom. The minimum Gasteiger partial charge on any atom is -0.310 e. The molecule has 17 heavy (non-hydrogen) atoms. The molecule has 0 saturated heterocycles.